The predicted octanol–water partition coefficient (Wildman–Crippen LogP) is 2.61. The summed E-state index contributed by atoms with van der Waals surface area (Å²) >= 11 is 0. The van der Waals surface area contributed by atoms with Crippen molar-refractivity contribution in [3.05, 3.63) is 64.7 Å². The van der Waals surface area contributed by atoms with E-state index in [9.17, 15) is 19.2 Å². The highest BCUT2D eigenvalue weighted by molar-refractivity contribution is 6.24. The number of hydrogen-bond donors (Lipinski definition) is 5. The molecule has 0 saturated heterocycles. The molecule has 1 aliphatic carbocycles. The van der Waals surface area contributed by atoms with E-state index in [1.54, 1.807) is 19.9 Å². The Hall–Kier alpha value is -5.31. The second-order valence-electron chi connectivity index (χ2n) is 9.49. The SMILES string of the molecule is Cc1ccc(C(=O)Nc2ccon2)cc1N(C(=O)OCOC(=O)C(C)N)C(=NC=N)c1[nH]cc(C(=O)NC2CC2)c1C. The summed E-state index contributed by atoms with van der Waals surface area (Å²) in [6, 6.07) is 5.18. The zero-order chi connectivity index (χ0) is 30.4. The summed E-state index contributed by atoms with van der Waals surface area (Å²) in [7, 11) is 0. The number of anilines is 2. The number of nitrogens with one attached hydrogen (secondary N) is 4. The van der Waals surface area contributed by atoms with E-state index >= 15 is 0 Å². The number of hydrogen-bond acceptors (Lipinski definition) is 10. The van der Waals surface area contributed by atoms with Crippen molar-refractivity contribution < 1.29 is 33.2 Å². The highest BCUT2D eigenvalue weighted by atomic mass is 16.7. The average Bonchev–Trinajstić information content (AvgIpc) is 3.45. The third-order valence-electron chi connectivity index (χ3n) is 6.25. The van der Waals surface area contributed by atoms with Gasteiger partial charge in [-0.15, -0.1) is 0 Å². The Kier molecular flexibility index (Phi) is 9.12. The van der Waals surface area contributed by atoms with Gasteiger partial charge in [0.1, 0.15) is 18.6 Å². The molecule has 15 nitrogen and oxygen atoms in total. The first-order valence-electron chi connectivity index (χ1n) is 12.9. The average molecular weight is 579 g/mol. The summed E-state index contributed by atoms with van der Waals surface area (Å²) < 4.78 is 14.9. The lowest BCUT2D eigenvalue weighted by atomic mass is 10.1. The normalized spacial score (nSPS) is 13.6. The molecule has 42 heavy (non-hydrogen) atoms. The largest absolute Gasteiger partial charge is 0.427 e. The molecular formula is C27H30N8O7. The molecule has 3 aromatic rings. The number of aryl methyl sites for hydroxylation is 1. The van der Waals surface area contributed by atoms with E-state index in [-0.39, 0.29) is 40.5 Å². The van der Waals surface area contributed by atoms with E-state index in [1.807, 2.05) is 0 Å². The lowest BCUT2D eigenvalue weighted by molar-refractivity contribution is -0.152. The summed E-state index contributed by atoms with van der Waals surface area (Å²) in [5.41, 5.74) is 7.33. The van der Waals surface area contributed by atoms with Crippen molar-refractivity contribution in [1.29, 1.82) is 5.41 Å². The van der Waals surface area contributed by atoms with Crippen LogP contribution in [0.3, 0.4) is 0 Å². The van der Waals surface area contributed by atoms with Crippen molar-refractivity contribution in [2.24, 2.45) is 10.7 Å². The van der Waals surface area contributed by atoms with Gasteiger partial charge in [0.05, 0.1) is 16.9 Å². The van der Waals surface area contributed by atoms with Gasteiger partial charge in [-0.05, 0) is 56.9 Å². The van der Waals surface area contributed by atoms with Gasteiger partial charge in [-0.2, -0.15) is 0 Å². The number of nitrogens with two attached hydrogens (primary N) is 1. The number of H-pyrrole nitrogens is 1. The summed E-state index contributed by atoms with van der Waals surface area (Å²) in [4.78, 5) is 59.3. The minimum absolute atomic E-state index is 0.115. The summed E-state index contributed by atoms with van der Waals surface area (Å²) in [5, 5.41) is 16.9. The van der Waals surface area contributed by atoms with Gasteiger partial charge in [0.25, 0.3) is 11.8 Å². The van der Waals surface area contributed by atoms with Crippen LogP contribution in [0.25, 0.3) is 0 Å². The van der Waals surface area contributed by atoms with Crippen LogP contribution in [-0.2, 0) is 14.3 Å². The topological polar surface area (TPSA) is 218 Å². The molecule has 3 amide bonds. The lowest BCUT2D eigenvalue weighted by Crippen LogP contribution is -2.40. The van der Waals surface area contributed by atoms with E-state index in [0.29, 0.717) is 23.0 Å². The molecule has 220 valence electrons. The van der Waals surface area contributed by atoms with Gasteiger partial charge in [0, 0.05) is 23.9 Å². The number of carbonyl (C=O) groups is 4. The van der Waals surface area contributed by atoms with Gasteiger partial charge in [0.15, 0.2) is 11.7 Å². The van der Waals surface area contributed by atoms with E-state index < -0.39 is 30.8 Å². The third-order valence-corrected chi connectivity index (χ3v) is 6.25. The van der Waals surface area contributed by atoms with Crippen molar-refractivity contribution in [2.75, 3.05) is 17.0 Å². The standard InChI is InChI=1S/C27H30N8O7/c1-14-4-5-17(24(36)33-21-8-9-42-34-21)10-20(14)35(27(39)41-13-40-26(38)16(3)29)23(31-12-28)22-15(2)19(11-30-22)25(37)32-18-6-7-18/h4-5,8-12,16,18,28,30H,6-7,13,29H2,1-3H3,(H,32,37)(H,33,34,36). The fraction of sp³-hybridized carbons (Fsp3) is 0.296. The number of esters is 1. The summed E-state index contributed by atoms with van der Waals surface area (Å²) in [6.45, 7) is 3.99. The van der Waals surface area contributed by atoms with Gasteiger partial charge in [-0.1, -0.05) is 11.2 Å². The number of rotatable bonds is 10. The Morgan fingerprint density at radius 2 is 2.00 bits per heavy atom. The lowest BCUT2D eigenvalue weighted by Gasteiger charge is -2.25. The first kappa shape index (κ1) is 29.7. The number of aliphatic imine (C=N–C) groups is 1. The number of carbonyl (C=O) groups excluding carboxylic acids is 4. The highest BCUT2D eigenvalue weighted by Gasteiger charge is 2.31. The molecule has 15 heteroatoms. The molecule has 0 aliphatic heterocycles. The number of aromatic amines is 1. The smallest absolute Gasteiger partial charge is 0.423 e. The second-order valence-corrected chi connectivity index (χ2v) is 9.49. The van der Waals surface area contributed by atoms with Gasteiger partial charge >= 0.3 is 12.1 Å². The Morgan fingerprint density at radius 3 is 2.64 bits per heavy atom. The Bertz CT molecular complexity index is 1520. The molecule has 1 aromatic carbocycles. The molecule has 6 N–H and O–H groups in total. The van der Waals surface area contributed by atoms with Gasteiger partial charge < -0.3 is 35.3 Å². The summed E-state index contributed by atoms with van der Waals surface area (Å²) in [5.74, 6) is -1.58. The van der Waals surface area contributed by atoms with Crippen LogP contribution in [0.2, 0.25) is 0 Å². The molecule has 0 bridgehead atoms. The van der Waals surface area contributed by atoms with Gasteiger partial charge in [-0.3, -0.25) is 19.8 Å². The van der Waals surface area contributed by atoms with Crippen molar-refractivity contribution in [3.63, 3.8) is 0 Å². The highest BCUT2D eigenvalue weighted by Crippen LogP contribution is 2.28. The maximum absolute atomic E-state index is 13.6. The molecule has 0 spiro atoms. The monoisotopic (exact) mass is 578 g/mol. The molecule has 0 radical (unpaired) electrons. The number of benzene rings is 1. The number of amidine groups is 1. The molecule has 2 heterocycles. The van der Waals surface area contributed by atoms with Crippen molar-refractivity contribution in [1.82, 2.24) is 15.5 Å². The molecule has 1 saturated carbocycles. The van der Waals surface area contributed by atoms with Crippen molar-refractivity contribution >= 4 is 47.6 Å². The van der Waals surface area contributed by atoms with E-state index in [2.05, 4.69) is 25.8 Å². The Labute approximate surface area is 239 Å². The van der Waals surface area contributed by atoms with Gasteiger partial charge in [0.2, 0.25) is 6.79 Å². The van der Waals surface area contributed by atoms with Crippen molar-refractivity contribution in [2.45, 2.75) is 45.7 Å². The minimum atomic E-state index is -1.05. The molecular weight excluding hydrogens is 548 g/mol. The van der Waals surface area contributed by atoms with Crippen LogP contribution in [0, 0.1) is 19.3 Å². The van der Waals surface area contributed by atoms with Crippen LogP contribution in [0.15, 0.2) is 46.2 Å². The van der Waals surface area contributed by atoms with Crippen LogP contribution in [0.4, 0.5) is 16.3 Å². The number of amides is 3. The predicted molar refractivity (Wildman–Crippen MR) is 151 cm³/mol. The Morgan fingerprint density at radius 1 is 1.24 bits per heavy atom. The van der Waals surface area contributed by atoms with Gasteiger partial charge in [-0.25, -0.2) is 14.7 Å². The molecule has 2 aromatic heterocycles. The van der Waals surface area contributed by atoms with E-state index in [4.69, 9.17) is 25.1 Å². The van der Waals surface area contributed by atoms with Crippen LogP contribution in [-0.4, -0.2) is 65.1 Å². The molecule has 1 atom stereocenters. The number of ether oxygens (including phenoxy) is 2. The molecule has 1 aliphatic rings. The first-order valence-corrected chi connectivity index (χ1v) is 12.9. The number of nitrogens with zero attached hydrogens (tertiary/aromatic N) is 3. The Balaban J connectivity index is 1.74. The van der Waals surface area contributed by atoms with E-state index in [1.165, 1.54) is 37.6 Å². The molecule has 1 unspecified atom stereocenters. The molecule has 1 fully saturated rings. The van der Waals surface area contributed by atoms with Crippen LogP contribution < -0.4 is 21.3 Å². The fourth-order valence-electron chi connectivity index (χ4n) is 3.84. The number of aromatic nitrogens is 2. The zero-order valence-corrected chi connectivity index (χ0v) is 23.1. The zero-order valence-electron chi connectivity index (χ0n) is 23.1. The maximum atomic E-state index is 13.6. The summed E-state index contributed by atoms with van der Waals surface area (Å²) in [6.07, 6.45) is 4.23. The third kappa shape index (κ3) is 6.87. The second kappa shape index (κ2) is 12.9. The molecule has 4 rings (SSSR count). The minimum Gasteiger partial charge on any atom is -0.427 e. The maximum Gasteiger partial charge on any atom is 0.423 e. The quantitative estimate of drug-likeness (QED) is 0.103. The first-order chi connectivity index (χ1) is 20.1. The van der Waals surface area contributed by atoms with E-state index in [0.717, 1.165) is 17.7 Å². The van der Waals surface area contributed by atoms with Crippen molar-refractivity contribution in [3.8, 4) is 0 Å². The van der Waals surface area contributed by atoms with Crippen LogP contribution in [0.1, 0.15) is 57.3 Å². The fourth-order valence-corrected chi connectivity index (χ4v) is 3.84. The van der Waals surface area contributed by atoms with Crippen LogP contribution >= 0.6 is 0 Å². The van der Waals surface area contributed by atoms with Crippen LogP contribution in [0.5, 0.6) is 0 Å².